The van der Waals surface area contributed by atoms with E-state index in [1.807, 2.05) is 12.1 Å². The number of carbonyl (C=O) groups excluding carboxylic acids is 1. The van der Waals surface area contributed by atoms with E-state index >= 15 is 0 Å². The van der Waals surface area contributed by atoms with E-state index in [1.165, 1.54) is 4.40 Å². The minimum Gasteiger partial charge on any atom is -0.355 e. The van der Waals surface area contributed by atoms with Gasteiger partial charge in [0.05, 0.1) is 22.2 Å². The highest BCUT2D eigenvalue weighted by atomic mass is 16.1. The molecule has 2 aromatic heterocycles. The van der Waals surface area contributed by atoms with Crippen molar-refractivity contribution in [3.63, 3.8) is 0 Å². The van der Waals surface area contributed by atoms with Gasteiger partial charge < -0.3 is 10.6 Å². The summed E-state index contributed by atoms with van der Waals surface area (Å²) in [5, 5.41) is 6.27. The van der Waals surface area contributed by atoms with Crippen LogP contribution in [0.1, 0.15) is 10.4 Å². The number of nitrogens with one attached hydrogen (secondary N) is 2. The van der Waals surface area contributed by atoms with Crippen LogP contribution in [0.2, 0.25) is 0 Å². The molecule has 0 fully saturated rings. The van der Waals surface area contributed by atoms with Crippen molar-refractivity contribution >= 4 is 34.1 Å². The van der Waals surface area contributed by atoms with Crippen molar-refractivity contribution in [2.24, 2.45) is 0 Å². The first-order chi connectivity index (χ1) is 12.7. The van der Waals surface area contributed by atoms with E-state index in [-0.39, 0.29) is 17.2 Å². The van der Waals surface area contributed by atoms with Crippen LogP contribution in [0.25, 0.3) is 16.7 Å². The molecule has 4 rings (SSSR count). The lowest BCUT2D eigenvalue weighted by molar-refractivity contribution is 0.0964. The number of amides is 1. The quantitative estimate of drug-likeness (QED) is 0.557. The first-order valence-electron chi connectivity index (χ1n) is 8.03. The molecule has 7 nitrogen and oxygen atoms in total. The van der Waals surface area contributed by atoms with E-state index in [9.17, 15) is 9.59 Å². The van der Waals surface area contributed by atoms with E-state index in [0.717, 1.165) is 0 Å². The van der Waals surface area contributed by atoms with Crippen LogP contribution in [0, 0.1) is 0 Å². The summed E-state index contributed by atoms with van der Waals surface area (Å²) in [6, 6.07) is 15.9. The second-order valence-corrected chi connectivity index (χ2v) is 5.67. The Hall–Kier alpha value is -3.74. The fourth-order valence-electron chi connectivity index (χ4n) is 2.77. The van der Waals surface area contributed by atoms with E-state index in [2.05, 4.69) is 20.6 Å². The first-order valence-corrected chi connectivity index (χ1v) is 8.03. The Morgan fingerprint density at radius 1 is 1.00 bits per heavy atom. The molecule has 4 aromatic rings. The number of hydrogen-bond acceptors (Lipinski definition) is 5. The van der Waals surface area contributed by atoms with Gasteiger partial charge >= 0.3 is 0 Å². The van der Waals surface area contributed by atoms with Gasteiger partial charge in [-0.1, -0.05) is 24.3 Å². The molecule has 2 aromatic carbocycles. The van der Waals surface area contributed by atoms with Gasteiger partial charge in [0, 0.05) is 13.2 Å². The third-order valence-electron chi connectivity index (χ3n) is 4.05. The maximum Gasteiger partial charge on any atom is 0.266 e. The molecule has 26 heavy (non-hydrogen) atoms. The van der Waals surface area contributed by atoms with Crippen LogP contribution in [-0.4, -0.2) is 27.3 Å². The standard InChI is InChI=1S/C19H15N5O2/c1-20-17(25)12-6-2-4-8-14(12)21-16-10-11-24-18(26)13-7-3-5-9-15(13)22-19(24)23-16/h2-11H,1H3,(H,20,25)(H,21,22,23). The van der Waals surface area contributed by atoms with E-state index in [1.54, 1.807) is 55.7 Å². The second-order valence-electron chi connectivity index (χ2n) is 5.67. The lowest BCUT2D eigenvalue weighted by atomic mass is 10.1. The molecule has 0 aliphatic carbocycles. The molecule has 0 saturated carbocycles. The molecule has 1 amide bonds. The lowest BCUT2D eigenvalue weighted by Gasteiger charge is -2.11. The SMILES string of the molecule is CNC(=O)c1ccccc1Nc1ccn2c(=O)c3ccccc3nc2n1. The highest BCUT2D eigenvalue weighted by molar-refractivity contribution is 6.00. The molecular weight excluding hydrogens is 330 g/mol. The molecule has 0 atom stereocenters. The molecule has 0 saturated heterocycles. The van der Waals surface area contributed by atoms with E-state index in [0.29, 0.717) is 28.0 Å². The summed E-state index contributed by atoms with van der Waals surface area (Å²) in [4.78, 5) is 33.4. The average Bonchev–Trinajstić information content (AvgIpc) is 2.68. The molecule has 0 aliphatic rings. The number of para-hydroxylation sites is 2. The normalized spacial score (nSPS) is 10.8. The largest absolute Gasteiger partial charge is 0.355 e. The number of fused-ring (bicyclic) bond motifs is 2. The van der Waals surface area contributed by atoms with Crippen molar-refractivity contribution < 1.29 is 4.79 Å². The molecule has 0 unspecified atom stereocenters. The molecule has 128 valence electrons. The van der Waals surface area contributed by atoms with Gasteiger partial charge in [0.15, 0.2) is 0 Å². The average molecular weight is 345 g/mol. The van der Waals surface area contributed by atoms with Gasteiger partial charge in [0.1, 0.15) is 5.82 Å². The molecule has 0 bridgehead atoms. The maximum absolute atomic E-state index is 12.5. The Kier molecular flexibility index (Phi) is 3.81. The van der Waals surface area contributed by atoms with E-state index < -0.39 is 0 Å². The van der Waals surface area contributed by atoms with Crippen molar-refractivity contribution in [1.82, 2.24) is 19.7 Å². The van der Waals surface area contributed by atoms with Crippen molar-refractivity contribution in [2.45, 2.75) is 0 Å². The number of anilines is 2. The van der Waals surface area contributed by atoms with Gasteiger partial charge in [-0.15, -0.1) is 0 Å². The topological polar surface area (TPSA) is 88.4 Å². The first kappa shape index (κ1) is 15.8. The number of rotatable bonds is 3. The Labute approximate surface area is 148 Å². The minimum atomic E-state index is -0.200. The highest BCUT2D eigenvalue weighted by Gasteiger charge is 2.11. The van der Waals surface area contributed by atoms with Crippen LogP contribution in [0.3, 0.4) is 0 Å². The fraction of sp³-hybridized carbons (Fsp3) is 0.0526. The van der Waals surface area contributed by atoms with Crippen LogP contribution in [0.5, 0.6) is 0 Å². The third kappa shape index (κ3) is 2.65. The molecule has 2 N–H and O–H groups in total. The van der Waals surface area contributed by atoms with Gasteiger partial charge in [0.2, 0.25) is 5.78 Å². The van der Waals surface area contributed by atoms with Crippen LogP contribution >= 0.6 is 0 Å². The third-order valence-corrected chi connectivity index (χ3v) is 4.05. The van der Waals surface area contributed by atoms with Gasteiger partial charge in [-0.05, 0) is 30.3 Å². The van der Waals surface area contributed by atoms with Gasteiger partial charge in [0.25, 0.3) is 11.5 Å². The smallest absolute Gasteiger partial charge is 0.266 e. The van der Waals surface area contributed by atoms with Crippen molar-refractivity contribution in [3.05, 3.63) is 76.7 Å². The number of hydrogen-bond donors (Lipinski definition) is 2. The van der Waals surface area contributed by atoms with Gasteiger partial charge in [-0.25, -0.2) is 4.98 Å². The fourth-order valence-corrected chi connectivity index (χ4v) is 2.77. The zero-order chi connectivity index (χ0) is 18.1. The zero-order valence-electron chi connectivity index (χ0n) is 13.9. The highest BCUT2D eigenvalue weighted by Crippen LogP contribution is 2.20. The van der Waals surface area contributed by atoms with Crippen molar-refractivity contribution in [3.8, 4) is 0 Å². The second kappa shape index (κ2) is 6.29. The summed E-state index contributed by atoms with van der Waals surface area (Å²) >= 11 is 0. The molecule has 0 radical (unpaired) electrons. The monoisotopic (exact) mass is 345 g/mol. The lowest BCUT2D eigenvalue weighted by Crippen LogP contribution is -2.19. The Bertz CT molecular complexity index is 1200. The van der Waals surface area contributed by atoms with Crippen LogP contribution < -0.4 is 16.2 Å². The van der Waals surface area contributed by atoms with E-state index in [4.69, 9.17) is 0 Å². The predicted molar refractivity (Wildman–Crippen MR) is 99.9 cm³/mol. The number of aromatic nitrogens is 3. The summed E-state index contributed by atoms with van der Waals surface area (Å²) in [6.45, 7) is 0. The Morgan fingerprint density at radius 2 is 1.77 bits per heavy atom. The van der Waals surface area contributed by atoms with Gasteiger partial charge in [-0.2, -0.15) is 4.98 Å². The predicted octanol–water partition coefficient (Wildman–Crippen LogP) is 2.35. The zero-order valence-corrected chi connectivity index (χ0v) is 13.9. The summed E-state index contributed by atoms with van der Waals surface area (Å²) in [5.74, 6) is 0.578. The van der Waals surface area contributed by atoms with Crippen molar-refractivity contribution in [1.29, 1.82) is 0 Å². The molecule has 2 heterocycles. The number of nitrogens with zero attached hydrogens (tertiary/aromatic N) is 3. The van der Waals surface area contributed by atoms with Crippen LogP contribution in [0.4, 0.5) is 11.5 Å². The van der Waals surface area contributed by atoms with Gasteiger partial charge in [-0.3, -0.25) is 14.0 Å². The molecular formula is C19H15N5O2. The molecule has 7 heteroatoms. The summed E-state index contributed by atoms with van der Waals surface area (Å²) in [7, 11) is 1.58. The maximum atomic E-state index is 12.5. The van der Waals surface area contributed by atoms with Crippen LogP contribution in [-0.2, 0) is 0 Å². The summed E-state index contributed by atoms with van der Waals surface area (Å²) < 4.78 is 1.40. The Morgan fingerprint density at radius 3 is 2.62 bits per heavy atom. The minimum absolute atomic E-state index is 0.171. The molecule has 0 spiro atoms. The Balaban J connectivity index is 1.81. The summed E-state index contributed by atoms with van der Waals surface area (Å²) in [6.07, 6.45) is 1.62. The van der Waals surface area contributed by atoms with Crippen LogP contribution in [0.15, 0.2) is 65.6 Å². The summed E-state index contributed by atoms with van der Waals surface area (Å²) in [5.41, 5.74) is 1.54. The molecule has 0 aliphatic heterocycles. The number of carbonyl (C=O) groups is 1. The van der Waals surface area contributed by atoms with Crippen molar-refractivity contribution in [2.75, 3.05) is 12.4 Å². The number of benzene rings is 2.